The lowest BCUT2D eigenvalue weighted by atomic mass is 9.94. The number of carbonyl (C=O) groups is 2. The van der Waals surface area contributed by atoms with E-state index >= 15 is 0 Å². The molecule has 0 saturated carbocycles. The lowest BCUT2D eigenvalue weighted by Crippen LogP contribution is -2.51. The van der Waals surface area contributed by atoms with Gasteiger partial charge < -0.3 is 34.7 Å². The maximum atomic E-state index is 12.8. The third-order valence-electron chi connectivity index (χ3n) is 5.99. The molecule has 1 aromatic rings. The number of ether oxygens (including phenoxy) is 4. The van der Waals surface area contributed by atoms with Crippen molar-refractivity contribution >= 4 is 12.0 Å². The van der Waals surface area contributed by atoms with E-state index < -0.39 is 23.8 Å². The van der Waals surface area contributed by atoms with Crippen LogP contribution in [0.5, 0.6) is 11.5 Å². The molecule has 2 fully saturated rings. The van der Waals surface area contributed by atoms with Gasteiger partial charge >= 0.3 is 12.0 Å². The van der Waals surface area contributed by atoms with Gasteiger partial charge in [0.1, 0.15) is 0 Å². The monoisotopic (exact) mass is 447 g/mol. The number of phenols is 1. The van der Waals surface area contributed by atoms with Crippen molar-refractivity contribution in [1.82, 2.24) is 15.5 Å². The number of hydrogen-bond donors (Lipinski definition) is 3. The molecule has 1 aromatic carbocycles. The lowest BCUT2D eigenvalue weighted by molar-refractivity contribution is -0.184. The SMILES string of the molecule is CCOc1cc([C@H]2NC(=O)NC(CN3CCC4(CC3)OCCO4)=C2C(=O)OC)ccc1O. The van der Waals surface area contributed by atoms with Gasteiger partial charge in [0.15, 0.2) is 17.3 Å². The summed E-state index contributed by atoms with van der Waals surface area (Å²) in [5.41, 5.74) is 1.40. The molecule has 0 unspecified atom stereocenters. The van der Waals surface area contributed by atoms with Crippen molar-refractivity contribution in [3.63, 3.8) is 0 Å². The van der Waals surface area contributed by atoms with Gasteiger partial charge in [-0.25, -0.2) is 9.59 Å². The molecule has 10 nitrogen and oxygen atoms in total. The number of methoxy groups -OCH3 is 1. The average molecular weight is 447 g/mol. The van der Waals surface area contributed by atoms with Gasteiger partial charge in [-0.1, -0.05) is 6.07 Å². The molecule has 0 bridgehead atoms. The summed E-state index contributed by atoms with van der Waals surface area (Å²) in [5.74, 6) is -0.781. The molecule has 3 N–H and O–H groups in total. The maximum Gasteiger partial charge on any atom is 0.338 e. The van der Waals surface area contributed by atoms with Crippen molar-refractivity contribution in [2.75, 3.05) is 46.6 Å². The van der Waals surface area contributed by atoms with Crippen LogP contribution >= 0.6 is 0 Å². The average Bonchev–Trinajstić information content (AvgIpc) is 3.24. The molecule has 10 heteroatoms. The fourth-order valence-electron chi connectivity index (χ4n) is 4.39. The van der Waals surface area contributed by atoms with Gasteiger partial charge in [-0.15, -0.1) is 0 Å². The maximum absolute atomic E-state index is 12.8. The second kappa shape index (κ2) is 9.35. The fourth-order valence-corrected chi connectivity index (χ4v) is 4.39. The Labute approximate surface area is 186 Å². The number of aromatic hydroxyl groups is 1. The van der Waals surface area contributed by atoms with Crippen LogP contribution in [0.2, 0.25) is 0 Å². The molecular formula is C22H29N3O7. The Morgan fingerprint density at radius 3 is 2.66 bits per heavy atom. The van der Waals surface area contributed by atoms with Gasteiger partial charge in [0.05, 0.1) is 38.5 Å². The van der Waals surface area contributed by atoms with Gasteiger partial charge in [0, 0.05) is 38.2 Å². The van der Waals surface area contributed by atoms with Crippen LogP contribution in [0.3, 0.4) is 0 Å². The number of piperidine rings is 1. The first kappa shape index (κ1) is 22.4. The van der Waals surface area contributed by atoms with E-state index in [0.717, 1.165) is 12.8 Å². The van der Waals surface area contributed by atoms with E-state index in [1.807, 2.05) is 0 Å². The number of amides is 2. The molecule has 3 aliphatic rings. The number of esters is 1. The van der Waals surface area contributed by atoms with Crippen LogP contribution < -0.4 is 15.4 Å². The highest BCUT2D eigenvalue weighted by molar-refractivity contribution is 5.95. The van der Waals surface area contributed by atoms with E-state index in [0.29, 0.717) is 56.3 Å². The van der Waals surface area contributed by atoms with Gasteiger partial charge in [0.25, 0.3) is 0 Å². The predicted octanol–water partition coefficient (Wildman–Crippen LogP) is 1.41. The second-order valence-corrected chi connectivity index (χ2v) is 7.96. The van der Waals surface area contributed by atoms with Gasteiger partial charge in [0.2, 0.25) is 0 Å². The first-order valence-corrected chi connectivity index (χ1v) is 10.8. The van der Waals surface area contributed by atoms with Crippen molar-refractivity contribution in [3.8, 4) is 11.5 Å². The molecule has 2 amide bonds. The van der Waals surface area contributed by atoms with E-state index in [-0.39, 0.29) is 11.5 Å². The van der Waals surface area contributed by atoms with Gasteiger partial charge in [-0.3, -0.25) is 4.90 Å². The molecule has 3 heterocycles. The number of urea groups is 1. The standard InChI is InChI=1S/C22H29N3O7/c1-3-30-17-12-14(4-5-16(17)26)19-18(20(27)29-2)15(23-21(28)24-19)13-25-8-6-22(7-9-25)31-10-11-32-22/h4-5,12,19,26H,3,6-11,13H2,1-2H3,(H2,23,24,28)/t19-/m1/s1. The van der Waals surface area contributed by atoms with Gasteiger partial charge in [-0.05, 0) is 24.6 Å². The summed E-state index contributed by atoms with van der Waals surface area (Å²) >= 11 is 0. The molecular weight excluding hydrogens is 418 g/mol. The minimum atomic E-state index is -0.747. The Bertz CT molecular complexity index is 901. The Morgan fingerprint density at radius 2 is 2.00 bits per heavy atom. The van der Waals surface area contributed by atoms with Crippen LogP contribution in [0, 0.1) is 0 Å². The molecule has 1 spiro atoms. The zero-order valence-corrected chi connectivity index (χ0v) is 18.3. The second-order valence-electron chi connectivity index (χ2n) is 7.96. The fraction of sp³-hybridized carbons (Fsp3) is 0.545. The number of carbonyl (C=O) groups excluding carboxylic acids is 2. The molecule has 0 radical (unpaired) electrons. The van der Waals surface area contributed by atoms with Crippen molar-refractivity contribution < 1.29 is 33.6 Å². The molecule has 3 aliphatic heterocycles. The van der Waals surface area contributed by atoms with Crippen molar-refractivity contribution in [2.24, 2.45) is 0 Å². The number of likely N-dealkylation sites (tertiary alicyclic amines) is 1. The van der Waals surface area contributed by atoms with E-state index in [9.17, 15) is 14.7 Å². The largest absolute Gasteiger partial charge is 0.504 e. The molecule has 0 aliphatic carbocycles. The summed E-state index contributed by atoms with van der Waals surface area (Å²) in [7, 11) is 1.31. The Kier molecular flexibility index (Phi) is 6.54. The number of nitrogens with one attached hydrogen (secondary N) is 2. The van der Waals surface area contributed by atoms with E-state index in [1.165, 1.54) is 13.2 Å². The first-order chi connectivity index (χ1) is 15.4. The summed E-state index contributed by atoms with van der Waals surface area (Å²) in [6.07, 6.45) is 1.44. The lowest BCUT2D eigenvalue weighted by Gasteiger charge is -2.39. The highest BCUT2D eigenvalue weighted by atomic mass is 16.7. The molecule has 0 aromatic heterocycles. The minimum Gasteiger partial charge on any atom is -0.504 e. The number of benzene rings is 1. The molecule has 1 atom stereocenters. The smallest absolute Gasteiger partial charge is 0.338 e. The normalized spacial score (nSPS) is 23.1. The Balaban J connectivity index is 1.61. The summed E-state index contributed by atoms with van der Waals surface area (Å²) in [6, 6.07) is 3.58. The quantitative estimate of drug-likeness (QED) is 0.560. The van der Waals surface area contributed by atoms with Crippen LogP contribution in [0.1, 0.15) is 31.4 Å². The third-order valence-corrected chi connectivity index (χ3v) is 5.99. The molecule has 32 heavy (non-hydrogen) atoms. The van der Waals surface area contributed by atoms with Crippen molar-refractivity contribution in [2.45, 2.75) is 31.6 Å². The van der Waals surface area contributed by atoms with Crippen LogP contribution in [-0.2, 0) is 19.0 Å². The highest BCUT2D eigenvalue weighted by Gasteiger charge is 2.41. The number of nitrogens with zero attached hydrogens (tertiary/aromatic N) is 1. The van der Waals surface area contributed by atoms with Crippen LogP contribution in [-0.4, -0.2) is 74.4 Å². The Hall–Kier alpha value is -2.82. The van der Waals surface area contributed by atoms with Crippen LogP contribution in [0.25, 0.3) is 0 Å². The van der Waals surface area contributed by atoms with E-state index in [2.05, 4.69) is 15.5 Å². The zero-order valence-electron chi connectivity index (χ0n) is 18.3. The summed E-state index contributed by atoms with van der Waals surface area (Å²) in [4.78, 5) is 27.4. The van der Waals surface area contributed by atoms with Crippen molar-refractivity contribution in [3.05, 3.63) is 35.0 Å². The van der Waals surface area contributed by atoms with Crippen molar-refractivity contribution in [1.29, 1.82) is 0 Å². The number of rotatable bonds is 6. The third kappa shape index (κ3) is 4.52. The summed E-state index contributed by atoms with van der Waals surface area (Å²) in [5, 5.41) is 15.6. The predicted molar refractivity (Wildman–Crippen MR) is 113 cm³/mol. The summed E-state index contributed by atoms with van der Waals surface area (Å²) in [6.45, 7) is 5.18. The molecule has 174 valence electrons. The minimum absolute atomic E-state index is 0.0155. The first-order valence-electron chi connectivity index (χ1n) is 10.8. The number of hydrogen-bond acceptors (Lipinski definition) is 8. The molecule has 4 rings (SSSR count). The number of phenolic OH excluding ortho intramolecular Hbond substituents is 1. The van der Waals surface area contributed by atoms with Gasteiger partial charge in [-0.2, -0.15) is 0 Å². The Morgan fingerprint density at radius 1 is 1.28 bits per heavy atom. The molecule has 2 saturated heterocycles. The van der Waals surface area contributed by atoms with E-state index in [1.54, 1.807) is 19.1 Å². The van der Waals surface area contributed by atoms with Crippen LogP contribution in [0.4, 0.5) is 4.79 Å². The highest BCUT2D eigenvalue weighted by Crippen LogP contribution is 2.35. The zero-order chi connectivity index (χ0) is 22.7. The topological polar surface area (TPSA) is 119 Å². The van der Waals surface area contributed by atoms with E-state index in [4.69, 9.17) is 18.9 Å². The summed E-state index contributed by atoms with van der Waals surface area (Å²) < 4.78 is 22.1. The van der Waals surface area contributed by atoms with Crippen LogP contribution in [0.15, 0.2) is 29.5 Å².